The fourth-order valence-corrected chi connectivity index (χ4v) is 2.40. The van der Waals surface area contributed by atoms with Crippen molar-refractivity contribution < 1.29 is 9.59 Å². The van der Waals surface area contributed by atoms with Crippen molar-refractivity contribution in [2.75, 3.05) is 6.54 Å². The van der Waals surface area contributed by atoms with Crippen LogP contribution in [0.5, 0.6) is 0 Å². The van der Waals surface area contributed by atoms with E-state index in [0.29, 0.717) is 19.4 Å². The van der Waals surface area contributed by atoms with Gasteiger partial charge in [-0.3, -0.25) is 9.59 Å². The van der Waals surface area contributed by atoms with Gasteiger partial charge in [-0.1, -0.05) is 0 Å². The number of rotatable bonds is 4. The third-order valence-corrected chi connectivity index (χ3v) is 3.34. The predicted molar refractivity (Wildman–Crippen MR) is 62.2 cm³/mol. The van der Waals surface area contributed by atoms with Crippen LogP contribution in [0.2, 0.25) is 0 Å². The highest BCUT2D eigenvalue weighted by Gasteiger charge is 2.26. The monoisotopic (exact) mass is 238 g/mol. The quantitative estimate of drug-likeness (QED) is 0.810. The summed E-state index contributed by atoms with van der Waals surface area (Å²) in [6.45, 7) is 0.627. The average Bonchev–Trinajstić information content (AvgIpc) is 2.89. The van der Waals surface area contributed by atoms with E-state index < -0.39 is 0 Å². The van der Waals surface area contributed by atoms with Gasteiger partial charge in [0.25, 0.3) is 0 Å². The van der Waals surface area contributed by atoms with Crippen molar-refractivity contribution in [1.29, 1.82) is 0 Å². The van der Waals surface area contributed by atoms with E-state index in [2.05, 4.69) is 16.0 Å². The Labute approximate surface area is 98.0 Å². The number of carbonyl (C=O) groups is 2. The summed E-state index contributed by atoms with van der Waals surface area (Å²) < 4.78 is 0. The van der Waals surface area contributed by atoms with Gasteiger partial charge >= 0.3 is 0 Å². The molecule has 5 heteroatoms. The predicted octanol–water partition coefficient (Wildman–Crippen LogP) is 0.685. The lowest BCUT2D eigenvalue weighted by Crippen LogP contribution is -2.42. The zero-order valence-electron chi connectivity index (χ0n) is 8.86. The van der Waals surface area contributed by atoms with Gasteiger partial charge in [0, 0.05) is 13.0 Å². The van der Waals surface area contributed by atoms with E-state index in [-0.39, 0.29) is 17.9 Å². The van der Waals surface area contributed by atoms with Crippen molar-refractivity contribution in [3.8, 4) is 0 Å². The fourth-order valence-electron chi connectivity index (χ4n) is 1.70. The first-order valence-electron chi connectivity index (χ1n) is 5.34. The van der Waals surface area contributed by atoms with E-state index in [1.807, 2.05) is 11.4 Å². The summed E-state index contributed by atoms with van der Waals surface area (Å²) in [5, 5.41) is 9.58. The third-order valence-electron chi connectivity index (χ3n) is 2.60. The Hall–Kier alpha value is -1.36. The van der Waals surface area contributed by atoms with Crippen LogP contribution in [-0.4, -0.2) is 24.4 Å². The van der Waals surface area contributed by atoms with Gasteiger partial charge in [-0.2, -0.15) is 11.3 Å². The van der Waals surface area contributed by atoms with Gasteiger partial charge in [0.1, 0.15) is 6.04 Å². The van der Waals surface area contributed by atoms with Crippen LogP contribution >= 0.6 is 11.3 Å². The van der Waals surface area contributed by atoms with E-state index >= 15 is 0 Å². The van der Waals surface area contributed by atoms with Crippen molar-refractivity contribution in [1.82, 2.24) is 10.6 Å². The number of hydrogen-bond acceptors (Lipinski definition) is 3. The molecule has 2 rings (SSSR count). The molecule has 0 aliphatic carbocycles. The normalized spacial score (nSPS) is 19.5. The van der Waals surface area contributed by atoms with Crippen LogP contribution in [0.15, 0.2) is 16.8 Å². The molecule has 0 spiro atoms. The van der Waals surface area contributed by atoms with Gasteiger partial charge in [-0.15, -0.1) is 0 Å². The van der Waals surface area contributed by atoms with Crippen LogP contribution in [0.25, 0.3) is 0 Å². The van der Waals surface area contributed by atoms with Crippen molar-refractivity contribution in [2.45, 2.75) is 25.3 Å². The molecule has 0 unspecified atom stereocenters. The molecule has 16 heavy (non-hydrogen) atoms. The largest absolute Gasteiger partial charge is 0.354 e. The molecule has 2 N–H and O–H groups in total. The number of carbonyl (C=O) groups excluding carboxylic acids is 2. The Morgan fingerprint density at radius 1 is 1.62 bits per heavy atom. The third kappa shape index (κ3) is 2.82. The number of amides is 2. The molecule has 4 nitrogen and oxygen atoms in total. The lowest BCUT2D eigenvalue weighted by Gasteiger charge is -2.10. The lowest BCUT2D eigenvalue weighted by molar-refractivity contribution is -0.125. The molecule has 0 aromatic carbocycles. The average molecular weight is 238 g/mol. The standard InChI is InChI=1S/C11H14N2O2S/c14-10-2-1-9(13-10)11(15)12-5-3-8-4-6-16-7-8/h4,6-7,9H,1-3,5H2,(H,12,15)(H,13,14)/t9-/m0/s1. The van der Waals surface area contributed by atoms with Gasteiger partial charge in [-0.25, -0.2) is 0 Å². The van der Waals surface area contributed by atoms with E-state index in [4.69, 9.17) is 0 Å². The zero-order chi connectivity index (χ0) is 11.4. The minimum atomic E-state index is -0.324. The zero-order valence-corrected chi connectivity index (χ0v) is 9.68. The molecule has 0 saturated carbocycles. The number of nitrogens with one attached hydrogen (secondary N) is 2. The molecule has 1 aliphatic heterocycles. The van der Waals surface area contributed by atoms with Gasteiger partial charge in [0.15, 0.2) is 0 Å². The van der Waals surface area contributed by atoms with Crippen LogP contribution in [-0.2, 0) is 16.0 Å². The maximum absolute atomic E-state index is 11.6. The molecule has 2 amide bonds. The number of thiophene rings is 1. The second-order valence-electron chi connectivity index (χ2n) is 3.83. The molecule has 1 saturated heterocycles. The van der Waals surface area contributed by atoms with Crippen LogP contribution in [0, 0.1) is 0 Å². The van der Waals surface area contributed by atoms with Crippen molar-refractivity contribution in [3.05, 3.63) is 22.4 Å². The van der Waals surface area contributed by atoms with Crippen molar-refractivity contribution >= 4 is 23.2 Å². The summed E-state index contributed by atoms with van der Waals surface area (Å²) in [4.78, 5) is 22.5. The highest BCUT2D eigenvalue weighted by atomic mass is 32.1. The Bertz CT molecular complexity index is 375. The van der Waals surface area contributed by atoms with Gasteiger partial charge in [0.05, 0.1) is 0 Å². The molecular weight excluding hydrogens is 224 g/mol. The van der Waals surface area contributed by atoms with Crippen LogP contribution in [0.1, 0.15) is 18.4 Å². The molecule has 2 heterocycles. The SMILES string of the molecule is O=C1CC[C@@H](C(=O)NCCc2ccsc2)N1. The van der Waals surface area contributed by atoms with Gasteiger partial charge in [-0.05, 0) is 35.2 Å². The highest BCUT2D eigenvalue weighted by Crippen LogP contribution is 2.07. The van der Waals surface area contributed by atoms with Gasteiger partial charge < -0.3 is 10.6 Å². The molecule has 1 aliphatic rings. The summed E-state index contributed by atoms with van der Waals surface area (Å²) in [5.74, 6) is -0.0981. The lowest BCUT2D eigenvalue weighted by atomic mass is 10.2. The van der Waals surface area contributed by atoms with E-state index in [9.17, 15) is 9.59 Å². The summed E-state index contributed by atoms with van der Waals surface area (Å²) in [7, 11) is 0. The summed E-state index contributed by atoms with van der Waals surface area (Å²) in [6, 6.07) is 1.73. The summed E-state index contributed by atoms with van der Waals surface area (Å²) in [6.07, 6.45) is 1.92. The van der Waals surface area contributed by atoms with E-state index in [0.717, 1.165) is 6.42 Å². The van der Waals surface area contributed by atoms with Crippen LogP contribution in [0.3, 0.4) is 0 Å². The van der Waals surface area contributed by atoms with Gasteiger partial charge in [0.2, 0.25) is 11.8 Å². The minimum absolute atomic E-state index is 0.0296. The highest BCUT2D eigenvalue weighted by molar-refractivity contribution is 7.07. The molecule has 1 aromatic heterocycles. The van der Waals surface area contributed by atoms with Crippen LogP contribution < -0.4 is 10.6 Å². The molecule has 1 aromatic rings. The molecular formula is C11H14N2O2S. The molecule has 1 fully saturated rings. The Morgan fingerprint density at radius 3 is 3.12 bits per heavy atom. The van der Waals surface area contributed by atoms with Crippen LogP contribution in [0.4, 0.5) is 0 Å². The molecule has 86 valence electrons. The Kier molecular flexibility index (Phi) is 3.56. The Balaban J connectivity index is 1.70. The molecule has 0 bridgehead atoms. The first-order chi connectivity index (χ1) is 7.75. The topological polar surface area (TPSA) is 58.2 Å². The summed E-state index contributed by atoms with van der Waals surface area (Å²) >= 11 is 1.65. The van der Waals surface area contributed by atoms with Crippen molar-refractivity contribution in [3.63, 3.8) is 0 Å². The number of hydrogen-bond donors (Lipinski definition) is 2. The molecule has 1 atom stereocenters. The van der Waals surface area contributed by atoms with E-state index in [1.54, 1.807) is 11.3 Å². The maximum atomic E-state index is 11.6. The first kappa shape index (κ1) is 11.1. The fraction of sp³-hybridized carbons (Fsp3) is 0.455. The van der Waals surface area contributed by atoms with Crippen molar-refractivity contribution in [2.24, 2.45) is 0 Å². The summed E-state index contributed by atoms with van der Waals surface area (Å²) in [5.41, 5.74) is 1.24. The minimum Gasteiger partial charge on any atom is -0.354 e. The van der Waals surface area contributed by atoms with E-state index in [1.165, 1.54) is 5.56 Å². The second kappa shape index (κ2) is 5.12. The smallest absolute Gasteiger partial charge is 0.242 e. The Morgan fingerprint density at radius 2 is 2.50 bits per heavy atom. The maximum Gasteiger partial charge on any atom is 0.242 e. The second-order valence-corrected chi connectivity index (χ2v) is 4.61. The molecule has 0 radical (unpaired) electrons. The first-order valence-corrected chi connectivity index (χ1v) is 6.28.